The number of aryl methyl sites for hydroxylation is 1. The standard InChI is InChI=1S/C31H32FNO6/c1-19-16-21(5-9-24(19)32)29-30-22(4-3-14-39-30)18-28(33-29)31(36,23-7-8-23)12-11-25(35)20-6-10-26(38-15-13-34)27(17-20)37-2/h3-6,9-10,16-18,23,34,36H,7-8,11-15H2,1-2H3. The molecule has 0 bridgehead atoms. The molecule has 5 rings (SSSR count). The number of aliphatic hydroxyl groups is 2. The smallest absolute Gasteiger partial charge is 0.163 e. The zero-order valence-corrected chi connectivity index (χ0v) is 22.1. The Labute approximate surface area is 226 Å². The minimum atomic E-state index is -1.31. The van der Waals surface area contributed by atoms with E-state index in [9.17, 15) is 14.3 Å². The third-order valence-corrected chi connectivity index (χ3v) is 7.32. The van der Waals surface area contributed by atoms with Gasteiger partial charge in [-0.15, -0.1) is 0 Å². The number of ketones is 1. The Morgan fingerprint density at radius 2 is 2.00 bits per heavy atom. The zero-order chi connectivity index (χ0) is 27.6. The maximum atomic E-state index is 14.0. The van der Waals surface area contributed by atoms with Crippen LogP contribution in [0.3, 0.4) is 0 Å². The number of benzene rings is 2. The molecule has 204 valence electrons. The van der Waals surface area contributed by atoms with E-state index in [-0.39, 0.29) is 43.6 Å². The van der Waals surface area contributed by atoms with Crippen molar-refractivity contribution in [3.63, 3.8) is 0 Å². The van der Waals surface area contributed by atoms with Gasteiger partial charge in [0.15, 0.2) is 23.0 Å². The van der Waals surface area contributed by atoms with Crippen LogP contribution in [0.4, 0.5) is 4.39 Å². The molecule has 39 heavy (non-hydrogen) atoms. The van der Waals surface area contributed by atoms with Crippen molar-refractivity contribution in [2.45, 2.75) is 38.2 Å². The minimum Gasteiger partial charge on any atom is -0.493 e. The highest BCUT2D eigenvalue weighted by Crippen LogP contribution is 2.50. The molecule has 1 unspecified atom stereocenters. The lowest BCUT2D eigenvalue weighted by atomic mass is 9.85. The molecule has 2 aliphatic rings. The molecule has 0 radical (unpaired) electrons. The molecule has 1 saturated carbocycles. The second kappa shape index (κ2) is 11.2. The lowest BCUT2D eigenvalue weighted by Crippen LogP contribution is -2.31. The van der Waals surface area contributed by atoms with Gasteiger partial charge in [0.2, 0.25) is 0 Å². The molecule has 3 aromatic rings. The number of nitrogens with zero attached hydrogens (tertiary/aromatic N) is 1. The van der Waals surface area contributed by atoms with Crippen molar-refractivity contribution in [3.05, 3.63) is 76.7 Å². The molecule has 0 amide bonds. The number of carbonyl (C=O) groups excluding carboxylic acids is 1. The topological polar surface area (TPSA) is 98.1 Å². The maximum absolute atomic E-state index is 14.0. The highest BCUT2D eigenvalue weighted by molar-refractivity contribution is 5.96. The molecule has 1 fully saturated rings. The second-order valence-corrected chi connectivity index (χ2v) is 10.0. The lowest BCUT2D eigenvalue weighted by Gasteiger charge is -2.30. The summed E-state index contributed by atoms with van der Waals surface area (Å²) in [5.41, 5.74) is 2.14. The Morgan fingerprint density at radius 1 is 1.18 bits per heavy atom. The van der Waals surface area contributed by atoms with Crippen molar-refractivity contribution in [1.82, 2.24) is 4.98 Å². The van der Waals surface area contributed by atoms with Crippen molar-refractivity contribution in [1.29, 1.82) is 0 Å². The van der Waals surface area contributed by atoms with Gasteiger partial charge in [0.25, 0.3) is 0 Å². The van der Waals surface area contributed by atoms with Crippen LogP contribution in [0.15, 0.2) is 48.5 Å². The monoisotopic (exact) mass is 533 g/mol. The van der Waals surface area contributed by atoms with Crippen LogP contribution in [0, 0.1) is 18.7 Å². The number of carbonyl (C=O) groups is 1. The van der Waals surface area contributed by atoms with Gasteiger partial charge in [0.1, 0.15) is 30.3 Å². The van der Waals surface area contributed by atoms with Crippen LogP contribution in [0.1, 0.15) is 52.9 Å². The summed E-state index contributed by atoms with van der Waals surface area (Å²) >= 11 is 0. The van der Waals surface area contributed by atoms with Crippen LogP contribution in [-0.4, -0.2) is 47.9 Å². The summed E-state index contributed by atoms with van der Waals surface area (Å²) in [4.78, 5) is 18.1. The van der Waals surface area contributed by atoms with Gasteiger partial charge in [-0.1, -0.05) is 6.08 Å². The summed E-state index contributed by atoms with van der Waals surface area (Å²) in [7, 11) is 1.49. The molecular weight excluding hydrogens is 501 g/mol. The first kappa shape index (κ1) is 26.8. The van der Waals surface area contributed by atoms with Crippen LogP contribution in [0.5, 0.6) is 17.2 Å². The number of fused-ring (bicyclic) bond motifs is 1. The number of halogens is 1. The highest BCUT2D eigenvalue weighted by atomic mass is 19.1. The summed E-state index contributed by atoms with van der Waals surface area (Å²) in [5, 5.41) is 21.0. The van der Waals surface area contributed by atoms with Crippen LogP contribution < -0.4 is 14.2 Å². The van der Waals surface area contributed by atoms with Gasteiger partial charge in [-0.25, -0.2) is 9.37 Å². The summed E-state index contributed by atoms with van der Waals surface area (Å²) in [6.07, 6.45) is 5.81. The number of hydrogen-bond donors (Lipinski definition) is 2. The Kier molecular flexibility index (Phi) is 7.68. The van der Waals surface area contributed by atoms with E-state index in [1.807, 2.05) is 18.2 Å². The van der Waals surface area contributed by atoms with Crippen LogP contribution in [0.25, 0.3) is 17.3 Å². The molecule has 1 aromatic heterocycles. The van der Waals surface area contributed by atoms with Gasteiger partial charge in [-0.3, -0.25) is 4.79 Å². The molecular formula is C31H32FNO6. The summed E-state index contributed by atoms with van der Waals surface area (Å²) in [6, 6.07) is 11.5. The van der Waals surface area contributed by atoms with Gasteiger partial charge in [-0.2, -0.15) is 0 Å². The summed E-state index contributed by atoms with van der Waals surface area (Å²) < 4.78 is 30.8. The number of ether oxygens (including phenoxy) is 3. The average Bonchev–Trinajstić information content (AvgIpc) is 3.82. The first-order valence-corrected chi connectivity index (χ1v) is 13.1. The van der Waals surface area contributed by atoms with E-state index in [1.54, 1.807) is 37.3 Å². The Bertz CT molecular complexity index is 1420. The fourth-order valence-electron chi connectivity index (χ4n) is 5.01. The Morgan fingerprint density at radius 3 is 2.72 bits per heavy atom. The van der Waals surface area contributed by atoms with Crippen molar-refractivity contribution < 1.29 is 33.6 Å². The number of rotatable bonds is 11. The largest absolute Gasteiger partial charge is 0.493 e. The third kappa shape index (κ3) is 5.53. The van der Waals surface area contributed by atoms with Crippen molar-refractivity contribution in [2.75, 3.05) is 26.9 Å². The first-order valence-electron chi connectivity index (χ1n) is 13.1. The Hall–Kier alpha value is -3.75. The predicted molar refractivity (Wildman–Crippen MR) is 145 cm³/mol. The number of Topliss-reactive ketones (excluding diaryl/α,β-unsaturated/α-hetero) is 1. The average molecular weight is 534 g/mol. The van der Waals surface area contributed by atoms with E-state index >= 15 is 0 Å². The second-order valence-electron chi connectivity index (χ2n) is 10.0. The maximum Gasteiger partial charge on any atom is 0.163 e. The number of pyridine rings is 1. The molecule has 0 saturated heterocycles. The van der Waals surface area contributed by atoms with Crippen LogP contribution in [0.2, 0.25) is 0 Å². The summed E-state index contributed by atoms with van der Waals surface area (Å²) in [5.74, 6) is 0.968. The number of aromatic nitrogens is 1. The zero-order valence-electron chi connectivity index (χ0n) is 22.1. The number of hydrogen-bond acceptors (Lipinski definition) is 7. The van der Waals surface area contributed by atoms with Gasteiger partial charge in [0, 0.05) is 23.1 Å². The SMILES string of the molecule is COc1cc(C(=O)CCC(O)(c2cc3c(c(-c4ccc(F)c(C)c4)n2)OCC=C3)C2CC2)ccc1OCCO. The van der Waals surface area contributed by atoms with E-state index in [1.165, 1.54) is 13.2 Å². The van der Waals surface area contributed by atoms with Crippen molar-refractivity contribution in [3.8, 4) is 28.5 Å². The van der Waals surface area contributed by atoms with E-state index < -0.39 is 5.60 Å². The molecule has 2 N–H and O–H groups in total. The molecule has 0 spiro atoms. The molecule has 2 heterocycles. The van der Waals surface area contributed by atoms with Crippen LogP contribution >= 0.6 is 0 Å². The first-order chi connectivity index (χ1) is 18.8. The highest BCUT2D eigenvalue weighted by Gasteiger charge is 2.46. The molecule has 1 aliphatic heterocycles. The fourth-order valence-corrected chi connectivity index (χ4v) is 5.01. The van der Waals surface area contributed by atoms with E-state index in [0.717, 1.165) is 18.4 Å². The third-order valence-electron chi connectivity index (χ3n) is 7.32. The molecule has 2 aromatic carbocycles. The minimum absolute atomic E-state index is 0.0177. The fraction of sp³-hybridized carbons (Fsp3) is 0.355. The number of aliphatic hydroxyl groups excluding tert-OH is 1. The van der Waals surface area contributed by atoms with Crippen molar-refractivity contribution >= 4 is 11.9 Å². The van der Waals surface area contributed by atoms with E-state index in [4.69, 9.17) is 24.3 Å². The Balaban J connectivity index is 1.45. The molecule has 8 heteroatoms. The lowest BCUT2D eigenvalue weighted by molar-refractivity contribution is -0.00113. The van der Waals surface area contributed by atoms with Gasteiger partial charge >= 0.3 is 0 Å². The molecule has 1 atom stereocenters. The van der Waals surface area contributed by atoms with Gasteiger partial charge in [0.05, 0.1) is 19.4 Å². The van der Waals surface area contributed by atoms with E-state index in [2.05, 4.69) is 0 Å². The van der Waals surface area contributed by atoms with Crippen molar-refractivity contribution in [2.24, 2.45) is 5.92 Å². The van der Waals surface area contributed by atoms with E-state index in [0.29, 0.717) is 51.9 Å². The predicted octanol–water partition coefficient (Wildman–Crippen LogP) is 5.24. The van der Waals surface area contributed by atoms with Crippen LogP contribution in [-0.2, 0) is 5.60 Å². The molecule has 1 aliphatic carbocycles. The molecule has 7 nitrogen and oxygen atoms in total. The summed E-state index contributed by atoms with van der Waals surface area (Å²) in [6.45, 7) is 2.08. The number of methoxy groups -OCH3 is 1. The van der Waals surface area contributed by atoms with Gasteiger partial charge in [-0.05, 0) is 86.2 Å². The normalized spacial score (nSPS) is 15.7. The van der Waals surface area contributed by atoms with Gasteiger partial charge < -0.3 is 24.4 Å². The quantitative estimate of drug-likeness (QED) is 0.325.